The number of hydrogen-bond acceptors (Lipinski definition) is 5. The fourth-order valence-corrected chi connectivity index (χ4v) is 4.44. The highest BCUT2D eigenvalue weighted by Crippen LogP contribution is 2.40. The van der Waals surface area contributed by atoms with E-state index in [1.807, 2.05) is 45.0 Å². The minimum Gasteiger partial charge on any atom is -0.497 e. The van der Waals surface area contributed by atoms with Crippen molar-refractivity contribution < 1.29 is 23.7 Å². The Kier molecular flexibility index (Phi) is 6.60. The van der Waals surface area contributed by atoms with Crippen molar-refractivity contribution in [1.82, 2.24) is 4.90 Å². The first-order valence-electron chi connectivity index (χ1n) is 11.6. The first kappa shape index (κ1) is 23.7. The van der Waals surface area contributed by atoms with Crippen LogP contribution in [0.2, 0.25) is 0 Å². The van der Waals surface area contributed by atoms with E-state index in [1.54, 1.807) is 26.2 Å². The van der Waals surface area contributed by atoms with Crippen LogP contribution in [0.15, 0.2) is 42.1 Å². The Labute approximate surface area is 201 Å². The summed E-state index contributed by atoms with van der Waals surface area (Å²) in [6.45, 7) is 6.33. The van der Waals surface area contributed by atoms with Gasteiger partial charge >= 0.3 is 6.09 Å². The number of amides is 1. The topological polar surface area (TPSA) is 57.2 Å². The number of likely N-dealkylation sites (tertiary alicyclic amines) is 1. The lowest BCUT2D eigenvalue weighted by Gasteiger charge is -2.32. The fraction of sp³-hybridized carbons (Fsp3) is 0.393. The lowest BCUT2D eigenvalue weighted by molar-refractivity contribution is 0.0289. The number of allylic oxidation sites excluding steroid dienone is 1. The maximum Gasteiger partial charge on any atom is 0.414 e. The van der Waals surface area contributed by atoms with Crippen LogP contribution in [0, 0.1) is 0 Å². The largest absolute Gasteiger partial charge is 0.497 e. The highest BCUT2D eigenvalue weighted by molar-refractivity contribution is 6.12. The Balaban J connectivity index is 1.92. The number of benzene rings is 3. The fourth-order valence-electron chi connectivity index (χ4n) is 4.44. The SMILES string of the molecule is COc1ccc2cc(/C=C3\CCCCN3C(=O)OC(C)(C)C)c3cc(OC)c(OC)cc3c2c1. The number of carbonyl (C=O) groups excluding carboxylic acids is 1. The Bertz CT molecular complexity index is 1260. The van der Waals surface area contributed by atoms with Crippen LogP contribution < -0.4 is 14.2 Å². The average Bonchev–Trinajstić information content (AvgIpc) is 2.82. The summed E-state index contributed by atoms with van der Waals surface area (Å²) in [5, 5.41) is 4.18. The lowest BCUT2D eigenvalue weighted by Crippen LogP contribution is -2.38. The Morgan fingerprint density at radius 1 is 0.882 bits per heavy atom. The number of piperidine rings is 1. The van der Waals surface area contributed by atoms with E-state index in [1.165, 1.54) is 0 Å². The molecule has 0 spiro atoms. The van der Waals surface area contributed by atoms with Gasteiger partial charge in [0.1, 0.15) is 11.4 Å². The highest BCUT2D eigenvalue weighted by Gasteiger charge is 2.27. The number of carbonyl (C=O) groups is 1. The number of hydrogen-bond donors (Lipinski definition) is 0. The maximum absolute atomic E-state index is 13.0. The van der Waals surface area contributed by atoms with E-state index in [9.17, 15) is 4.79 Å². The van der Waals surface area contributed by atoms with Crippen molar-refractivity contribution in [3.05, 3.63) is 47.7 Å². The zero-order valence-electron chi connectivity index (χ0n) is 20.9. The quantitative estimate of drug-likeness (QED) is 0.399. The Morgan fingerprint density at radius 3 is 2.24 bits per heavy atom. The van der Waals surface area contributed by atoms with E-state index in [-0.39, 0.29) is 6.09 Å². The third kappa shape index (κ3) is 4.76. The number of fused-ring (bicyclic) bond motifs is 3. The van der Waals surface area contributed by atoms with Gasteiger partial charge in [-0.05, 0) is 104 Å². The molecular formula is C28H33NO5. The molecule has 6 heteroatoms. The van der Waals surface area contributed by atoms with Crippen LogP contribution in [0.4, 0.5) is 4.79 Å². The first-order chi connectivity index (χ1) is 16.2. The lowest BCUT2D eigenvalue weighted by atomic mass is 9.94. The minimum absolute atomic E-state index is 0.299. The molecule has 1 aliphatic rings. The summed E-state index contributed by atoms with van der Waals surface area (Å²) in [4.78, 5) is 14.7. The second-order valence-corrected chi connectivity index (χ2v) is 9.53. The van der Waals surface area contributed by atoms with Gasteiger partial charge in [-0.3, -0.25) is 4.90 Å². The van der Waals surface area contributed by atoms with E-state index in [2.05, 4.69) is 18.2 Å². The van der Waals surface area contributed by atoms with Crippen LogP contribution >= 0.6 is 0 Å². The van der Waals surface area contributed by atoms with Crippen LogP contribution in [-0.2, 0) is 4.74 Å². The van der Waals surface area contributed by atoms with Crippen molar-refractivity contribution in [2.45, 2.75) is 45.6 Å². The molecule has 1 aliphatic heterocycles. The zero-order chi connectivity index (χ0) is 24.5. The third-order valence-corrected chi connectivity index (χ3v) is 6.04. The molecule has 1 saturated heterocycles. The second kappa shape index (κ2) is 9.45. The van der Waals surface area contributed by atoms with Gasteiger partial charge in [-0.25, -0.2) is 4.79 Å². The van der Waals surface area contributed by atoms with Crippen molar-refractivity contribution in [1.29, 1.82) is 0 Å². The molecule has 0 aliphatic carbocycles. The van der Waals surface area contributed by atoms with Gasteiger partial charge in [0.2, 0.25) is 0 Å². The van der Waals surface area contributed by atoms with Crippen molar-refractivity contribution >= 4 is 33.7 Å². The number of ether oxygens (including phenoxy) is 4. The van der Waals surface area contributed by atoms with Gasteiger partial charge in [0.05, 0.1) is 21.3 Å². The molecule has 0 radical (unpaired) electrons. The van der Waals surface area contributed by atoms with Crippen LogP contribution in [0.5, 0.6) is 17.2 Å². The van der Waals surface area contributed by atoms with Gasteiger partial charge < -0.3 is 18.9 Å². The smallest absolute Gasteiger partial charge is 0.414 e. The first-order valence-corrected chi connectivity index (χ1v) is 11.6. The summed E-state index contributed by atoms with van der Waals surface area (Å²) < 4.78 is 22.4. The summed E-state index contributed by atoms with van der Waals surface area (Å²) in [6.07, 6.45) is 4.62. The Hall–Kier alpha value is -3.41. The normalized spacial score (nSPS) is 15.6. The highest BCUT2D eigenvalue weighted by atomic mass is 16.6. The molecule has 1 fully saturated rings. The molecule has 0 bridgehead atoms. The molecule has 0 saturated carbocycles. The van der Waals surface area contributed by atoms with Gasteiger partial charge in [-0.2, -0.15) is 0 Å². The molecule has 4 rings (SSSR count). The molecule has 6 nitrogen and oxygen atoms in total. The van der Waals surface area contributed by atoms with Crippen molar-refractivity contribution in [2.24, 2.45) is 0 Å². The maximum atomic E-state index is 13.0. The predicted octanol–water partition coefficient (Wildman–Crippen LogP) is 6.78. The molecule has 34 heavy (non-hydrogen) atoms. The molecule has 0 atom stereocenters. The standard InChI is InChI=1S/C28H33NO5/c1-28(2,3)34-27(30)29-12-8-7-9-20(29)14-19-13-18-10-11-21(31-4)15-22(18)24-17-26(33-6)25(32-5)16-23(19)24/h10-11,13-17H,7-9,12H2,1-6H3/b20-14+. The summed E-state index contributed by atoms with van der Waals surface area (Å²) in [5.41, 5.74) is 1.43. The molecular weight excluding hydrogens is 430 g/mol. The molecule has 0 unspecified atom stereocenters. The molecule has 3 aromatic carbocycles. The van der Waals surface area contributed by atoms with Crippen LogP contribution in [0.25, 0.3) is 27.6 Å². The second-order valence-electron chi connectivity index (χ2n) is 9.53. The van der Waals surface area contributed by atoms with Crippen molar-refractivity contribution in [3.63, 3.8) is 0 Å². The van der Waals surface area contributed by atoms with Crippen LogP contribution in [0.3, 0.4) is 0 Å². The number of rotatable bonds is 4. The van der Waals surface area contributed by atoms with E-state index in [0.29, 0.717) is 18.0 Å². The van der Waals surface area contributed by atoms with Gasteiger partial charge in [-0.15, -0.1) is 0 Å². The molecule has 1 heterocycles. The molecule has 180 valence electrons. The van der Waals surface area contributed by atoms with Crippen molar-refractivity contribution in [2.75, 3.05) is 27.9 Å². The van der Waals surface area contributed by atoms with Crippen LogP contribution in [0.1, 0.15) is 45.6 Å². The van der Waals surface area contributed by atoms with E-state index < -0.39 is 5.60 Å². The van der Waals surface area contributed by atoms with E-state index >= 15 is 0 Å². The summed E-state index contributed by atoms with van der Waals surface area (Å²) in [5.74, 6) is 2.11. The monoisotopic (exact) mass is 463 g/mol. The van der Waals surface area contributed by atoms with Gasteiger partial charge in [0, 0.05) is 12.2 Å². The molecule has 0 aromatic heterocycles. The van der Waals surface area contributed by atoms with Gasteiger partial charge in [0.15, 0.2) is 11.5 Å². The average molecular weight is 464 g/mol. The summed E-state index contributed by atoms with van der Waals surface area (Å²) in [6, 6.07) is 12.2. The third-order valence-electron chi connectivity index (χ3n) is 6.04. The van der Waals surface area contributed by atoms with E-state index in [4.69, 9.17) is 18.9 Å². The Morgan fingerprint density at radius 2 is 1.59 bits per heavy atom. The number of nitrogens with zero attached hydrogens (tertiary/aromatic N) is 1. The predicted molar refractivity (Wildman–Crippen MR) is 136 cm³/mol. The van der Waals surface area contributed by atoms with Gasteiger partial charge in [0.25, 0.3) is 0 Å². The van der Waals surface area contributed by atoms with Gasteiger partial charge in [-0.1, -0.05) is 6.07 Å². The van der Waals surface area contributed by atoms with Crippen LogP contribution in [-0.4, -0.2) is 44.5 Å². The molecule has 1 amide bonds. The van der Waals surface area contributed by atoms with Crippen molar-refractivity contribution in [3.8, 4) is 17.2 Å². The molecule has 3 aromatic rings. The molecule has 0 N–H and O–H groups in total. The van der Waals surface area contributed by atoms with E-state index in [0.717, 1.165) is 57.8 Å². The number of methoxy groups -OCH3 is 3. The minimum atomic E-state index is -0.543. The summed E-state index contributed by atoms with van der Waals surface area (Å²) >= 11 is 0. The summed E-state index contributed by atoms with van der Waals surface area (Å²) in [7, 11) is 4.94. The zero-order valence-corrected chi connectivity index (χ0v) is 20.9.